The number of ether oxygens (including phenoxy) is 1. The number of sulfonamides is 1. The Balaban J connectivity index is 0.772. The van der Waals surface area contributed by atoms with Crippen LogP contribution in [0.15, 0.2) is 53.1 Å². The minimum atomic E-state index is -3.45. The highest BCUT2D eigenvalue weighted by Gasteiger charge is 2.34. The second-order valence-electron chi connectivity index (χ2n) is 17.6. The zero-order valence-corrected chi connectivity index (χ0v) is 40.1. The van der Waals surface area contributed by atoms with E-state index in [9.17, 15) is 18.0 Å². The summed E-state index contributed by atoms with van der Waals surface area (Å²) in [6, 6.07) is 13.0. The van der Waals surface area contributed by atoms with Crippen molar-refractivity contribution >= 4 is 78.0 Å². The summed E-state index contributed by atoms with van der Waals surface area (Å²) in [6.45, 7) is 8.47. The predicted octanol–water partition coefficient (Wildman–Crippen LogP) is 6.87. The normalized spacial score (nSPS) is 18.4. The Morgan fingerprint density at radius 2 is 1.64 bits per heavy atom. The van der Waals surface area contributed by atoms with Gasteiger partial charge in [-0.1, -0.05) is 19.1 Å². The summed E-state index contributed by atoms with van der Waals surface area (Å²) in [5.41, 5.74) is 5.55. The van der Waals surface area contributed by atoms with Crippen LogP contribution in [0.2, 0.25) is 0 Å². The van der Waals surface area contributed by atoms with Crippen molar-refractivity contribution in [1.82, 2.24) is 25.9 Å². The molecule has 1 aromatic heterocycles. The molecule has 0 spiro atoms. The van der Waals surface area contributed by atoms with E-state index in [1.54, 1.807) is 13.3 Å². The van der Waals surface area contributed by atoms with E-state index in [4.69, 9.17) is 9.72 Å². The second kappa shape index (κ2) is 20.8. The number of aryl methyl sites for hydroxylation is 1. The molecule has 0 saturated carbocycles. The lowest BCUT2D eigenvalue weighted by atomic mass is 9.89. The molecule has 0 radical (unpaired) electrons. The van der Waals surface area contributed by atoms with Crippen molar-refractivity contribution in [3.8, 4) is 5.75 Å². The number of amides is 2. The maximum Gasteiger partial charge on any atom is 0.234 e. The van der Waals surface area contributed by atoms with E-state index in [2.05, 4.69) is 71.5 Å². The number of hydrogen-bond acceptors (Lipinski definition) is 13. The van der Waals surface area contributed by atoms with Gasteiger partial charge in [-0.25, -0.2) is 22.2 Å². The zero-order valence-electron chi connectivity index (χ0n) is 37.7. The van der Waals surface area contributed by atoms with Crippen LogP contribution in [0.4, 0.5) is 49.0 Å². The van der Waals surface area contributed by atoms with Crippen LogP contribution in [0, 0.1) is 17.6 Å². The van der Waals surface area contributed by atoms with Crippen LogP contribution in [-0.4, -0.2) is 102 Å². The summed E-state index contributed by atoms with van der Waals surface area (Å²) in [5, 5.41) is 16.2. The maximum atomic E-state index is 15.1. The SMILES string of the molecule is CCc1cc(Nc2ncc(Br)c(Nc3cccc4c3N(S(C)(=O)=O)CC4)n2)c(OC)cc1N1CCC(NCCNCCC2CCN(c3cc(F)c(C4CCC(=O)NC4=O)c(F)c3)CC2)CC1. The average Bonchev–Trinajstić information content (AvgIpc) is 3.76. The average molecular weight is 994 g/mol. The van der Waals surface area contributed by atoms with Gasteiger partial charge >= 0.3 is 0 Å². The molecule has 354 valence electrons. The lowest BCUT2D eigenvalue weighted by Crippen LogP contribution is -2.44. The Bertz CT molecular complexity index is 2520. The molecule has 3 fully saturated rings. The number of rotatable bonds is 17. The summed E-state index contributed by atoms with van der Waals surface area (Å²) in [4.78, 5) is 37.5. The Morgan fingerprint density at radius 1 is 0.894 bits per heavy atom. The summed E-state index contributed by atoms with van der Waals surface area (Å²) in [5.74, 6) is -1.49. The predicted molar refractivity (Wildman–Crippen MR) is 258 cm³/mol. The van der Waals surface area contributed by atoms with Crippen molar-refractivity contribution < 1.29 is 31.5 Å². The number of imide groups is 1. The van der Waals surface area contributed by atoms with Gasteiger partial charge in [-0.2, -0.15) is 4.98 Å². The number of para-hydroxylation sites is 1. The van der Waals surface area contributed by atoms with E-state index in [0.29, 0.717) is 77.1 Å². The molecular formula is C47H59BrF2N10O5S. The van der Waals surface area contributed by atoms with E-state index in [1.165, 1.54) is 28.3 Å². The minimum Gasteiger partial charge on any atom is -0.494 e. The highest BCUT2D eigenvalue weighted by atomic mass is 79.9. The van der Waals surface area contributed by atoms with E-state index in [0.717, 1.165) is 88.2 Å². The first kappa shape index (κ1) is 47.4. The van der Waals surface area contributed by atoms with Gasteiger partial charge < -0.3 is 35.8 Å². The van der Waals surface area contributed by atoms with E-state index < -0.39 is 39.4 Å². The molecule has 0 bridgehead atoms. The molecule has 8 rings (SSSR count). The van der Waals surface area contributed by atoms with Crippen LogP contribution in [0.5, 0.6) is 5.75 Å². The van der Waals surface area contributed by atoms with Crippen LogP contribution in [0.3, 0.4) is 0 Å². The van der Waals surface area contributed by atoms with E-state index in [1.807, 2.05) is 23.1 Å². The number of carbonyl (C=O) groups is 2. The summed E-state index contributed by atoms with van der Waals surface area (Å²) >= 11 is 3.56. The molecule has 1 atom stereocenters. The van der Waals surface area contributed by atoms with Gasteiger partial charge in [0.2, 0.25) is 27.8 Å². The smallest absolute Gasteiger partial charge is 0.234 e. The van der Waals surface area contributed by atoms with Gasteiger partial charge in [0.1, 0.15) is 23.2 Å². The van der Waals surface area contributed by atoms with Gasteiger partial charge in [-0.15, -0.1) is 0 Å². The fraction of sp³-hybridized carbons (Fsp3) is 0.489. The Labute approximate surface area is 394 Å². The highest BCUT2D eigenvalue weighted by Crippen LogP contribution is 2.41. The van der Waals surface area contributed by atoms with Crippen molar-refractivity contribution in [3.63, 3.8) is 0 Å². The minimum absolute atomic E-state index is 0.0647. The van der Waals surface area contributed by atoms with Crippen LogP contribution in [0.1, 0.15) is 74.5 Å². The van der Waals surface area contributed by atoms with Crippen LogP contribution < -0.4 is 45.4 Å². The summed E-state index contributed by atoms with van der Waals surface area (Å²) < 4.78 is 63.4. The molecule has 4 aromatic rings. The number of fused-ring (bicyclic) bond motifs is 1. The fourth-order valence-corrected chi connectivity index (χ4v) is 11.0. The number of nitrogens with one attached hydrogen (secondary N) is 5. The van der Waals surface area contributed by atoms with Gasteiger partial charge in [-0.3, -0.25) is 19.2 Å². The van der Waals surface area contributed by atoms with Gasteiger partial charge in [0.15, 0.2) is 0 Å². The first-order valence-electron chi connectivity index (χ1n) is 22.9. The van der Waals surface area contributed by atoms with Crippen molar-refractivity contribution in [1.29, 1.82) is 0 Å². The second-order valence-corrected chi connectivity index (χ2v) is 20.3. The molecule has 0 aliphatic carbocycles. The summed E-state index contributed by atoms with van der Waals surface area (Å²) in [7, 11) is -1.79. The Hall–Kier alpha value is -5.11. The van der Waals surface area contributed by atoms with Crippen molar-refractivity contribution in [2.75, 3.05) is 90.5 Å². The van der Waals surface area contributed by atoms with Crippen molar-refractivity contribution in [2.45, 2.75) is 76.7 Å². The standard InChI is InChI=1S/C47H59BrF2N10O5S/c1-4-30-24-39(55-47-53-28-35(48)45(57-47)54-38-7-5-6-31-13-23-60(44(31)38)66(3,63)64)41(65-2)27-40(30)59-21-14-32(15-22-59)52-18-17-51-16-10-29-11-19-58(20-12-29)33-25-36(49)43(37(50)26-33)34-8-9-42(61)56-46(34)62/h5-7,24-29,32,34,51-52H,4,8-23H2,1-3H3,(H,56,61,62)(H2,53,54,55,57). The van der Waals surface area contributed by atoms with Crippen molar-refractivity contribution in [2.24, 2.45) is 5.92 Å². The van der Waals surface area contributed by atoms with Gasteiger partial charge in [0.05, 0.1) is 40.8 Å². The lowest BCUT2D eigenvalue weighted by molar-refractivity contribution is -0.134. The number of methoxy groups -OCH3 is 1. The molecule has 3 saturated heterocycles. The number of anilines is 7. The fourth-order valence-electron chi connectivity index (χ4n) is 9.73. The van der Waals surface area contributed by atoms with Crippen molar-refractivity contribution in [3.05, 3.63) is 81.5 Å². The molecular weight excluding hydrogens is 935 g/mol. The molecule has 19 heteroatoms. The van der Waals surface area contributed by atoms with Gasteiger partial charge in [0.25, 0.3) is 0 Å². The molecule has 5 heterocycles. The Morgan fingerprint density at radius 3 is 2.33 bits per heavy atom. The molecule has 3 aromatic carbocycles. The largest absolute Gasteiger partial charge is 0.494 e. The summed E-state index contributed by atoms with van der Waals surface area (Å²) in [6.07, 6.45) is 9.46. The van der Waals surface area contributed by atoms with Gasteiger partial charge in [0, 0.05) is 87.5 Å². The van der Waals surface area contributed by atoms with Crippen LogP contribution in [0.25, 0.3) is 0 Å². The maximum absolute atomic E-state index is 15.1. The number of carbonyl (C=O) groups excluding carboxylic acids is 2. The third kappa shape index (κ3) is 10.8. The zero-order chi connectivity index (χ0) is 46.5. The Kier molecular flexibility index (Phi) is 14.9. The van der Waals surface area contributed by atoms with E-state index >= 15 is 8.78 Å². The molecule has 1 unspecified atom stereocenters. The van der Waals surface area contributed by atoms with Crippen LogP contribution >= 0.6 is 15.9 Å². The number of benzene rings is 3. The lowest BCUT2D eigenvalue weighted by Gasteiger charge is -2.35. The van der Waals surface area contributed by atoms with Crippen LogP contribution in [-0.2, 0) is 32.5 Å². The molecule has 15 nitrogen and oxygen atoms in total. The third-order valence-corrected chi connectivity index (χ3v) is 15.1. The molecule has 5 N–H and O–H groups in total. The number of halogens is 3. The number of nitrogens with zero attached hydrogens (tertiary/aromatic N) is 5. The molecule has 4 aliphatic rings. The molecule has 4 aliphatic heterocycles. The molecule has 66 heavy (non-hydrogen) atoms. The number of aromatic nitrogens is 2. The van der Waals surface area contributed by atoms with Gasteiger partial charge in [-0.05, 0) is 115 Å². The number of piperidine rings is 3. The first-order chi connectivity index (χ1) is 31.8. The quantitative estimate of drug-likeness (QED) is 0.0549. The number of hydrogen-bond donors (Lipinski definition) is 5. The monoisotopic (exact) mass is 992 g/mol. The first-order valence-corrected chi connectivity index (χ1v) is 25.6. The topological polar surface area (TPSA) is 173 Å². The third-order valence-electron chi connectivity index (χ3n) is 13.3. The molecule has 2 amide bonds. The van der Waals surface area contributed by atoms with E-state index in [-0.39, 0.29) is 18.4 Å². The highest BCUT2D eigenvalue weighted by molar-refractivity contribution is 9.10.